The molecule has 7 heteroatoms. The third-order valence-electron chi connectivity index (χ3n) is 2.71. The molecule has 1 aromatic carbocycles. The van der Waals surface area contributed by atoms with Crippen molar-refractivity contribution in [1.82, 2.24) is 9.97 Å². The molecule has 0 radical (unpaired) electrons. The van der Waals surface area contributed by atoms with E-state index in [2.05, 4.69) is 20.6 Å². The van der Waals surface area contributed by atoms with Gasteiger partial charge in [0.1, 0.15) is 17.5 Å². The molecule has 1 aromatic heterocycles. The van der Waals surface area contributed by atoms with Gasteiger partial charge < -0.3 is 10.6 Å². The smallest absolute Gasteiger partial charge is 0.288 e. The van der Waals surface area contributed by atoms with E-state index in [0.29, 0.717) is 46.2 Å². The molecule has 0 unspecified atom stereocenters. The van der Waals surface area contributed by atoms with Crippen LogP contribution in [0.1, 0.15) is 12.7 Å². The first-order chi connectivity index (χ1) is 10.1. The Hall–Kier alpha value is -1.89. The zero-order valence-corrected chi connectivity index (χ0v) is 12.5. The fourth-order valence-corrected chi connectivity index (χ4v) is 2.35. The molecule has 0 aliphatic carbocycles. The summed E-state index contributed by atoms with van der Waals surface area (Å²) >= 11 is 0.509. The second-order valence-electron chi connectivity index (χ2n) is 4.16. The first-order valence-electron chi connectivity index (χ1n) is 6.49. The molecule has 21 heavy (non-hydrogen) atoms. The van der Waals surface area contributed by atoms with Crippen LogP contribution in [0.25, 0.3) is 0 Å². The number of hydrogen-bond donors (Lipinski definition) is 2. The van der Waals surface area contributed by atoms with E-state index in [4.69, 9.17) is 0 Å². The minimum Gasteiger partial charge on any atom is -0.373 e. The molecule has 0 aliphatic heterocycles. The lowest BCUT2D eigenvalue weighted by molar-refractivity contribution is 0.252. The van der Waals surface area contributed by atoms with Crippen LogP contribution >= 0.6 is 11.8 Å². The number of rotatable bonds is 6. The molecule has 112 valence electrons. The molecule has 0 atom stereocenters. The zero-order valence-electron chi connectivity index (χ0n) is 11.7. The van der Waals surface area contributed by atoms with Crippen molar-refractivity contribution in [2.75, 3.05) is 17.7 Å². The highest BCUT2D eigenvalue weighted by Gasteiger charge is 2.11. The Morgan fingerprint density at radius 3 is 2.57 bits per heavy atom. The third-order valence-corrected chi connectivity index (χ3v) is 3.50. The molecule has 0 aliphatic rings. The van der Waals surface area contributed by atoms with Crippen LogP contribution in [0.15, 0.2) is 35.2 Å². The second-order valence-corrected chi connectivity index (χ2v) is 5.19. The molecule has 2 aromatic rings. The van der Waals surface area contributed by atoms with Crippen LogP contribution in [-0.2, 0) is 6.42 Å². The minimum atomic E-state index is -2.46. The lowest BCUT2D eigenvalue weighted by atomic mass is 10.3. The summed E-state index contributed by atoms with van der Waals surface area (Å²) in [6, 6.07) is 8.66. The lowest BCUT2D eigenvalue weighted by Crippen LogP contribution is -2.03. The van der Waals surface area contributed by atoms with Crippen molar-refractivity contribution >= 4 is 29.1 Å². The first kappa shape index (κ1) is 15.5. The zero-order chi connectivity index (χ0) is 15.2. The van der Waals surface area contributed by atoms with Crippen LogP contribution in [-0.4, -0.2) is 22.8 Å². The normalized spacial score (nSPS) is 10.7. The Balaban J connectivity index is 2.29. The van der Waals surface area contributed by atoms with Crippen LogP contribution in [0.2, 0.25) is 0 Å². The van der Waals surface area contributed by atoms with Gasteiger partial charge in [-0.15, -0.1) is 0 Å². The topological polar surface area (TPSA) is 49.8 Å². The number of thioether (sulfide) groups is 1. The number of nitrogens with zero attached hydrogens (tertiary/aromatic N) is 2. The maximum atomic E-state index is 12.6. The minimum absolute atomic E-state index is 0.482. The second kappa shape index (κ2) is 7.21. The Bertz CT molecular complexity index is 585. The van der Waals surface area contributed by atoms with Gasteiger partial charge in [0.15, 0.2) is 0 Å². The average molecular weight is 310 g/mol. The molecule has 0 spiro atoms. The quantitative estimate of drug-likeness (QED) is 0.785. The van der Waals surface area contributed by atoms with E-state index in [-0.39, 0.29) is 0 Å². The van der Waals surface area contributed by atoms with Crippen LogP contribution in [0.3, 0.4) is 0 Å². The van der Waals surface area contributed by atoms with Gasteiger partial charge in [-0.25, -0.2) is 9.97 Å². The summed E-state index contributed by atoms with van der Waals surface area (Å²) in [6.45, 7) is 1.96. The van der Waals surface area contributed by atoms with Crippen molar-refractivity contribution in [2.45, 2.75) is 24.0 Å². The van der Waals surface area contributed by atoms with Gasteiger partial charge in [-0.2, -0.15) is 8.78 Å². The van der Waals surface area contributed by atoms with Crippen molar-refractivity contribution in [3.8, 4) is 0 Å². The summed E-state index contributed by atoms with van der Waals surface area (Å²) in [7, 11) is 1.77. The monoisotopic (exact) mass is 310 g/mol. The molecule has 0 amide bonds. The number of alkyl halides is 2. The standard InChI is InChI=1S/C14H16F2N4S/c1-3-11-19-12(17-2)8-13(20-11)18-9-6-4-5-7-10(9)21-14(15)16/h4-8,14H,3H2,1-2H3,(H2,17,18,19,20). The molecule has 0 saturated carbocycles. The molecular formula is C14H16F2N4S. The number of aryl methyl sites for hydroxylation is 1. The first-order valence-corrected chi connectivity index (χ1v) is 7.37. The molecule has 0 bridgehead atoms. The van der Waals surface area contributed by atoms with E-state index in [1.807, 2.05) is 6.92 Å². The summed E-state index contributed by atoms with van der Waals surface area (Å²) in [5.41, 5.74) is 0.602. The highest BCUT2D eigenvalue weighted by Crippen LogP contribution is 2.33. The van der Waals surface area contributed by atoms with E-state index in [1.54, 1.807) is 37.4 Å². The number of benzene rings is 1. The Labute approximate surface area is 126 Å². The maximum Gasteiger partial charge on any atom is 0.288 e. The number of halogens is 2. The largest absolute Gasteiger partial charge is 0.373 e. The van der Waals surface area contributed by atoms with E-state index in [1.165, 1.54) is 0 Å². The number of anilines is 3. The van der Waals surface area contributed by atoms with Crippen LogP contribution < -0.4 is 10.6 Å². The summed E-state index contributed by atoms with van der Waals surface area (Å²) in [4.78, 5) is 9.13. The van der Waals surface area contributed by atoms with Crippen LogP contribution in [0, 0.1) is 0 Å². The van der Waals surface area contributed by atoms with Crippen LogP contribution in [0.5, 0.6) is 0 Å². The number of nitrogens with one attached hydrogen (secondary N) is 2. The molecule has 2 rings (SSSR count). The van der Waals surface area contributed by atoms with Gasteiger partial charge in [0, 0.05) is 24.4 Å². The number of hydrogen-bond acceptors (Lipinski definition) is 5. The fourth-order valence-electron chi connectivity index (χ4n) is 1.75. The van der Waals surface area contributed by atoms with Crippen molar-refractivity contribution in [3.05, 3.63) is 36.2 Å². The molecule has 0 fully saturated rings. The number of aromatic nitrogens is 2. The summed E-state index contributed by atoms with van der Waals surface area (Å²) in [5, 5.41) is 6.04. The Kier molecular flexibility index (Phi) is 5.32. The van der Waals surface area contributed by atoms with E-state index < -0.39 is 5.76 Å². The molecule has 0 saturated heterocycles. The Morgan fingerprint density at radius 1 is 1.19 bits per heavy atom. The van der Waals surface area contributed by atoms with Gasteiger partial charge in [-0.3, -0.25) is 0 Å². The van der Waals surface area contributed by atoms with Crippen molar-refractivity contribution in [1.29, 1.82) is 0 Å². The predicted octanol–water partition coefficient (Wildman–Crippen LogP) is 4.14. The van der Waals surface area contributed by atoms with Crippen LogP contribution in [0.4, 0.5) is 26.1 Å². The molecule has 1 heterocycles. The van der Waals surface area contributed by atoms with Crippen molar-refractivity contribution in [2.24, 2.45) is 0 Å². The molecule has 4 nitrogen and oxygen atoms in total. The van der Waals surface area contributed by atoms with E-state index in [0.717, 1.165) is 0 Å². The SMILES string of the molecule is CCc1nc(NC)cc(Nc2ccccc2SC(F)F)n1. The molecule has 2 N–H and O–H groups in total. The lowest BCUT2D eigenvalue weighted by Gasteiger charge is -2.12. The van der Waals surface area contributed by atoms with Gasteiger partial charge in [-0.1, -0.05) is 30.8 Å². The Morgan fingerprint density at radius 2 is 1.90 bits per heavy atom. The maximum absolute atomic E-state index is 12.6. The van der Waals surface area contributed by atoms with Gasteiger partial charge in [0.2, 0.25) is 0 Å². The van der Waals surface area contributed by atoms with Crippen molar-refractivity contribution < 1.29 is 8.78 Å². The van der Waals surface area contributed by atoms with Gasteiger partial charge in [0.05, 0.1) is 5.69 Å². The van der Waals surface area contributed by atoms with Gasteiger partial charge in [0.25, 0.3) is 5.76 Å². The van der Waals surface area contributed by atoms with E-state index in [9.17, 15) is 8.78 Å². The van der Waals surface area contributed by atoms with Gasteiger partial charge >= 0.3 is 0 Å². The molecular weight excluding hydrogens is 294 g/mol. The highest BCUT2D eigenvalue weighted by molar-refractivity contribution is 7.99. The average Bonchev–Trinajstić information content (AvgIpc) is 2.48. The number of para-hydroxylation sites is 1. The summed E-state index contributed by atoms with van der Waals surface area (Å²) in [5.74, 6) is -0.516. The van der Waals surface area contributed by atoms with Gasteiger partial charge in [-0.05, 0) is 12.1 Å². The van der Waals surface area contributed by atoms with Crippen molar-refractivity contribution in [3.63, 3.8) is 0 Å². The summed E-state index contributed by atoms with van der Waals surface area (Å²) < 4.78 is 25.2. The van der Waals surface area contributed by atoms with E-state index >= 15 is 0 Å². The highest BCUT2D eigenvalue weighted by atomic mass is 32.2. The fraction of sp³-hybridized carbons (Fsp3) is 0.286. The predicted molar refractivity (Wildman–Crippen MR) is 82.5 cm³/mol. The third kappa shape index (κ3) is 4.29. The summed E-state index contributed by atoms with van der Waals surface area (Å²) in [6.07, 6.45) is 0.692.